The molecule has 2 N–H and O–H groups in total. The maximum atomic E-state index is 11.8. The summed E-state index contributed by atoms with van der Waals surface area (Å²) >= 11 is 0. The molecule has 124 valence electrons. The van der Waals surface area contributed by atoms with Crippen LogP contribution in [0.25, 0.3) is 0 Å². The molecule has 0 bridgehead atoms. The normalized spacial score (nSPS) is 17.6. The third kappa shape index (κ3) is 4.44. The maximum absolute atomic E-state index is 11.8. The van der Waals surface area contributed by atoms with Gasteiger partial charge in [-0.3, -0.25) is 14.5 Å². The molecule has 1 aliphatic heterocycles. The van der Waals surface area contributed by atoms with Gasteiger partial charge in [0.05, 0.1) is 0 Å². The fourth-order valence-electron chi connectivity index (χ4n) is 2.22. The second-order valence-electron chi connectivity index (χ2n) is 5.56. The van der Waals surface area contributed by atoms with Crippen molar-refractivity contribution >= 4 is 23.8 Å². The number of nitrogens with zero attached hydrogens (tertiary/aromatic N) is 2. The summed E-state index contributed by atoms with van der Waals surface area (Å²) in [4.78, 5) is 48.5. The molecule has 1 aliphatic rings. The molecule has 1 heterocycles. The fourth-order valence-corrected chi connectivity index (χ4v) is 2.22. The molecule has 0 unspecified atom stereocenters. The van der Waals surface area contributed by atoms with Crippen molar-refractivity contribution in [3.8, 4) is 0 Å². The van der Waals surface area contributed by atoms with Crippen LogP contribution in [0.5, 0.6) is 0 Å². The number of aliphatic carboxylic acids is 1. The van der Waals surface area contributed by atoms with Crippen molar-refractivity contribution in [3.05, 3.63) is 0 Å². The number of likely N-dealkylation sites (N-methyl/N-ethyl adjacent to an activating group) is 1. The highest BCUT2D eigenvalue weighted by Crippen LogP contribution is 2.10. The maximum Gasteiger partial charge on any atom is 0.326 e. The largest absolute Gasteiger partial charge is 0.480 e. The number of carbonyl (C=O) groups excluding carboxylic acids is 3. The van der Waals surface area contributed by atoms with Gasteiger partial charge < -0.3 is 15.3 Å². The summed E-state index contributed by atoms with van der Waals surface area (Å²) in [5, 5.41) is 11.6. The Morgan fingerprint density at radius 3 is 2.45 bits per heavy atom. The van der Waals surface area contributed by atoms with Crippen LogP contribution in [0.4, 0.5) is 4.79 Å². The van der Waals surface area contributed by atoms with Gasteiger partial charge in [-0.15, -0.1) is 0 Å². The van der Waals surface area contributed by atoms with E-state index in [0.717, 1.165) is 4.90 Å². The first kappa shape index (κ1) is 17.9. The number of nitrogens with one attached hydrogen (secondary N) is 1. The van der Waals surface area contributed by atoms with Crippen LogP contribution in [-0.4, -0.2) is 64.9 Å². The average Bonchev–Trinajstić information content (AvgIpc) is 2.69. The van der Waals surface area contributed by atoms with E-state index in [2.05, 4.69) is 5.32 Å². The van der Waals surface area contributed by atoms with E-state index in [0.29, 0.717) is 12.8 Å². The number of carboxylic acid groups (broad SMARTS) is 1. The van der Waals surface area contributed by atoms with Crippen LogP contribution in [0.15, 0.2) is 0 Å². The quantitative estimate of drug-likeness (QED) is 0.626. The summed E-state index contributed by atoms with van der Waals surface area (Å²) in [6, 6.07) is -1.29. The van der Waals surface area contributed by atoms with E-state index in [1.54, 1.807) is 6.92 Å². The number of amides is 4. The van der Waals surface area contributed by atoms with Crippen LogP contribution in [0.1, 0.15) is 33.1 Å². The summed E-state index contributed by atoms with van der Waals surface area (Å²) in [6.45, 7) is 3.83. The lowest BCUT2D eigenvalue weighted by molar-refractivity contribution is -0.143. The SMILES string of the molecule is CC[C@H](C)[C@H](NC(=O)CCCN1C(=O)CN(C)C1=O)C(=O)O. The Labute approximate surface area is 129 Å². The van der Waals surface area contributed by atoms with Crippen molar-refractivity contribution in [2.45, 2.75) is 39.2 Å². The highest BCUT2D eigenvalue weighted by molar-refractivity contribution is 6.01. The molecule has 1 rings (SSSR count). The van der Waals surface area contributed by atoms with E-state index >= 15 is 0 Å². The molecule has 1 fully saturated rings. The number of imide groups is 1. The van der Waals surface area contributed by atoms with Gasteiger partial charge in [0.15, 0.2) is 0 Å². The third-order valence-corrected chi connectivity index (χ3v) is 3.81. The number of carboxylic acids is 1. The molecule has 0 spiro atoms. The van der Waals surface area contributed by atoms with Gasteiger partial charge in [0.2, 0.25) is 11.8 Å². The van der Waals surface area contributed by atoms with Crippen molar-refractivity contribution in [2.75, 3.05) is 20.1 Å². The fraction of sp³-hybridized carbons (Fsp3) is 0.714. The molecule has 8 nitrogen and oxygen atoms in total. The minimum Gasteiger partial charge on any atom is -0.480 e. The summed E-state index contributed by atoms with van der Waals surface area (Å²) < 4.78 is 0. The average molecular weight is 313 g/mol. The van der Waals surface area contributed by atoms with Crippen LogP contribution in [0, 0.1) is 5.92 Å². The molecule has 22 heavy (non-hydrogen) atoms. The molecule has 0 aromatic heterocycles. The Hall–Kier alpha value is -2.12. The van der Waals surface area contributed by atoms with E-state index in [-0.39, 0.29) is 43.3 Å². The van der Waals surface area contributed by atoms with E-state index in [9.17, 15) is 19.2 Å². The van der Waals surface area contributed by atoms with E-state index in [1.807, 2.05) is 6.92 Å². The molecule has 1 saturated heterocycles. The lowest BCUT2D eigenvalue weighted by atomic mass is 9.99. The number of hydrogen-bond acceptors (Lipinski definition) is 4. The Balaban J connectivity index is 2.41. The van der Waals surface area contributed by atoms with Gasteiger partial charge in [-0.25, -0.2) is 9.59 Å². The first-order valence-corrected chi connectivity index (χ1v) is 7.35. The summed E-state index contributed by atoms with van der Waals surface area (Å²) in [6.07, 6.45) is 1.02. The molecule has 0 aliphatic carbocycles. The van der Waals surface area contributed by atoms with Crippen LogP contribution >= 0.6 is 0 Å². The van der Waals surface area contributed by atoms with Crippen molar-refractivity contribution in [1.29, 1.82) is 0 Å². The molecule has 0 aromatic rings. The number of hydrogen-bond donors (Lipinski definition) is 2. The van der Waals surface area contributed by atoms with Crippen LogP contribution in [0.2, 0.25) is 0 Å². The lowest BCUT2D eigenvalue weighted by Gasteiger charge is -2.20. The van der Waals surface area contributed by atoms with Crippen LogP contribution in [-0.2, 0) is 14.4 Å². The standard InChI is InChI=1S/C14H23N3O5/c1-4-9(2)12(13(20)21)15-10(18)6-5-7-17-11(19)8-16(3)14(17)22/h9,12H,4-8H2,1-3H3,(H,15,18)(H,20,21)/t9-,12-/m0/s1. The summed E-state index contributed by atoms with van der Waals surface area (Å²) in [7, 11) is 1.54. The smallest absolute Gasteiger partial charge is 0.326 e. The van der Waals surface area contributed by atoms with Crippen molar-refractivity contribution in [1.82, 2.24) is 15.1 Å². The third-order valence-electron chi connectivity index (χ3n) is 3.81. The number of carbonyl (C=O) groups is 4. The zero-order chi connectivity index (χ0) is 16.9. The Morgan fingerprint density at radius 2 is 2.00 bits per heavy atom. The highest BCUT2D eigenvalue weighted by Gasteiger charge is 2.33. The van der Waals surface area contributed by atoms with Gasteiger partial charge in [0.1, 0.15) is 12.6 Å². The van der Waals surface area contributed by atoms with Gasteiger partial charge in [0, 0.05) is 20.0 Å². The molecule has 0 radical (unpaired) electrons. The zero-order valence-electron chi connectivity index (χ0n) is 13.2. The Kier molecular flexibility index (Phi) is 6.33. The van der Waals surface area contributed by atoms with Crippen molar-refractivity contribution in [3.63, 3.8) is 0 Å². The predicted octanol–water partition coefficient (Wildman–Crippen LogP) is 0.276. The Bertz CT molecular complexity index is 465. The van der Waals surface area contributed by atoms with Gasteiger partial charge >= 0.3 is 12.0 Å². The van der Waals surface area contributed by atoms with Crippen LogP contribution in [0.3, 0.4) is 0 Å². The topological polar surface area (TPSA) is 107 Å². The van der Waals surface area contributed by atoms with Gasteiger partial charge in [-0.1, -0.05) is 20.3 Å². The molecular weight excluding hydrogens is 290 g/mol. The summed E-state index contributed by atoms with van der Waals surface area (Å²) in [5.41, 5.74) is 0. The first-order valence-electron chi connectivity index (χ1n) is 7.35. The second kappa shape index (κ2) is 7.77. The molecule has 0 aromatic carbocycles. The second-order valence-corrected chi connectivity index (χ2v) is 5.56. The van der Waals surface area contributed by atoms with Crippen molar-refractivity contribution < 1.29 is 24.3 Å². The van der Waals surface area contributed by atoms with Gasteiger partial charge in [0.25, 0.3) is 0 Å². The monoisotopic (exact) mass is 313 g/mol. The molecule has 0 saturated carbocycles. The minimum atomic E-state index is -1.06. The van der Waals surface area contributed by atoms with E-state index in [4.69, 9.17) is 5.11 Å². The Morgan fingerprint density at radius 1 is 1.36 bits per heavy atom. The zero-order valence-corrected chi connectivity index (χ0v) is 13.2. The van der Waals surface area contributed by atoms with Gasteiger partial charge in [-0.2, -0.15) is 0 Å². The van der Waals surface area contributed by atoms with Crippen LogP contribution < -0.4 is 5.32 Å². The highest BCUT2D eigenvalue weighted by atomic mass is 16.4. The molecule has 2 atom stereocenters. The van der Waals surface area contributed by atoms with E-state index in [1.165, 1.54) is 11.9 Å². The predicted molar refractivity (Wildman–Crippen MR) is 78.0 cm³/mol. The number of rotatable bonds is 8. The van der Waals surface area contributed by atoms with Gasteiger partial charge in [-0.05, 0) is 12.3 Å². The molecule has 8 heteroatoms. The lowest BCUT2D eigenvalue weighted by Crippen LogP contribution is -2.45. The van der Waals surface area contributed by atoms with Crippen molar-refractivity contribution in [2.24, 2.45) is 5.92 Å². The first-order chi connectivity index (χ1) is 10.3. The summed E-state index contributed by atoms with van der Waals surface area (Å²) in [5.74, 6) is -1.90. The van der Waals surface area contributed by atoms with E-state index < -0.39 is 12.0 Å². The molecule has 4 amide bonds. The molecular formula is C14H23N3O5. The minimum absolute atomic E-state index is 0.0557. The number of urea groups is 1.